The summed E-state index contributed by atoms with van der Waals surface area (Å²) in [6.07, 6.45) is -1.02. The fourth-order valence-electron chi connectivity index (χ4n) is 5.75. The molecule has 1 saturated carbocycles. The Morgan fingerprint density at radius 2 is 1.78 bits per heavy atom. The van der Waals surface area contributed by atoms with Crippen LogP contribution in [-0.2, 0) is 13.1 Å². The first kappa shape index (κ1) is 23.2. The molecule has 0 amide bonds. The van der Waals surface area contributed by atoms with Gasteiger partial charge in [0.2, 0.25) is 11.9 Å². The van der Waals surface area contributed by atoms with Crippen molar-refractivity contribution in [3.63, 3.8) is 0 Å². The summed E-state index contributed by atoms with van der Waals surface area (Å²) in [6, 6.07) is 5.70. The van der Waals surface area contributed by atoms with Gasteiger partial charge in [-0.05, 0) is 36.6 Å². The van der Waals surface area contributed by atoms with Gasteiger partial charge in [-0.3, -0.25) is 9.47 Å². The topological polar surface area (TPSA) is 66.2 Å². The molecule has 0 bridgehead atoms. The summed E-state index contributed by atoms with van der Waals surface area (Å²) >= 11 is 6.31. The summed E-state index contributed by atoms with van der Waals surface area (Å²) in [5.41, 5.74) is -0.131. The van der Waals surface area contributed by atoms with Crippen LogP contribution >= 0.6 is 11.6 Å². The molecule has 194 valence electrons. The van der Waals surface area contributed by atoms with Gasteiger partial charge in [0, 0.05) is 49.7 Å². The zero-order chi connectivity index (χ0) is 25.5. The lowest BCUT2D eigenvalue weighted by molar-refractivity contribution is 0.137. The Hall–Kier alpha value is -2.99. The number of fused-ring (bicyclic) bond motifs is 3. The zero-order valence-corrected chi connectivity index (χ0v) is 20.5. The van der Waals surface area contributed by atoms with Gasteiger partial charge in [-0.15, -0.1) is 10.2 Å². The maximum atomic E-state index is 14.6. The highest BCUT2D eigenvalue weighted by atomic mass is 35.5. The molecule has 0 unspecified atom stereocenters. The predicted octanol–water partition coefficient (Wildman–Crippen LogP) is 3.93. The Kier molecular flexibility index (Phi) is 5.01. The van der Waals surface area contributed by atoms with E-state index in [2.05, 4.69) is 30.0 Å². The SMILES string of the molecule is Fc1cnc(N2CC3(C2)CN(c2nnc4n2-c2ccc(Cl)cc2CN(CC2(F)CC2)C4)C3)nc1C(F)F. The zero-order valence-electron chi connectivity index (χ0n) is 19.7. The second-order valence-electron chi connectivity index (χ2n) is 10.7. The van der Waals surface area contributed by atoms with Crippen molar-refractivity contribution in [3.8, 4) is 5.69 Å². The Labute approximate surface area is 214 Å². The second-order valence-corrected chi connectivity index (χ2v) is 11.2. The van der Waals surface area contributed by atoms with Crippen LogP contribution in [0.2, 0.25) is 5.02 Å². The Morgan fingerprint density at radius 3 is 2.51 bits per heavy atom. The van der Waals surface area contributed by atoms with Crippen LogP contribution < -0.4 is 9.80 Å². The van der Waals surface area contributed by atoms with Crippen LogP contribution in [0.1, 0.15) is 36.3 Å². The number of nitrogens with zero attached hydrogens (tertiary/aromatic N) is 8. The number of rotatable bonds is 5. The Morgan fingerprint density at radius 1 is 1.03 bits per heavy atom. The fraction of sp³-hybridized carbons (Fsp3) is 0.500. The van der Waals surface area contributed by atoms with Crippen LogP contribution in [0.5, 0.6) is 0 Å². The van der Waals surface area contributed by atoms with Crippen molar-refractivity contribution >= 4 is 23.5 Å². The molecule has 5 heterocycles. The monoisotopic (exact) mass is 534 g/mol. The van der Waals surface area contributed by atoms with Gasteiger partial charge in [0.1, 0.15) is 11.4 Å². The van der Waals surface area contributed by atoms with E-state index in [-0.39, 0.29) is 11.4 Å². The lowest BCUT2D eigenvalue weighted by Crippen LogP contribution is -2.73. The maximum absolute atomic E-state index is 14.6. The minimum Gasteiger partial charge on any atom is -0.339 e. The van der Waals surface area contributed by atoms with Crippen LogP contribution in [0.3, 0.4) is 0 Å². The number of hydrogen-bond donors (Lipinski definition) is 0. The van der Waals surface area contributed by atoms with E-state index in [1.165, 1.54) is 0 Å². The fourth-order valence-corrected chi connectivity index (χ4v) is 5.94. The van der Waals surface area contributed by atoms with E-state index in [0.29, 0.717) is 69.6 Å². The van der Waals surface area contributed by atoms with Crippen LogP contribution in [-0.4, -0.2) is 68.0 Å². The van der Waals surface area contributed by atoms with Crippen LogP contribution in [0, 0.1) is 11.2 Å². The summed E-state index contributed by atoms with van der Waals surface area (Å²) in [7, 11) is 0. The van der Waals surface area contributed by atoms with E-state index in [1.807, 2.05) is 22.8 Å². The van der Waals surface area contributed by atoms with Crippen molar-refractivity contribution in [3.05, 3.63) is 52.3 Å². The van der Waals surface area contributed by atoms with E-state index in [9.17, 15) is 17.6 Å². The molecule has 0 radical (unpaired) electrons. The van der Waals surface area contributed by atoms with Gasteiger partial charge in [0.15, 0.2) is 11.6 Å². The number of anilines is 2. The normalized spacial score (nSPS) is 21.4. The molecule has 2 aromatic heterocycles. The Bertz CT molecular complexity index is 1380. The summed E-state index contributed by atoms with van der Waals surface area (Å²) in [4.78, 5) is 13.6. The molecular formula is C24H23ClF4N8. The second kappa shape index (κ2) is 8.00. The molecule has 8 nitrogen and oxygen atoms in total. The molecular weight excluding hydrogens is 512 g/mol. The Balaban J connectivity index is 1.11. The third-order valence-electron chi connectivity index (χ3n) is 7.69. The molecule has 13 heteroatoms. The molecule has 3 fully saturated rings. The number of benzene rings is 1. The highest BCUT2D eigenvalue weighted by Gasteiger charge is 2.54. The van der Waals surface area contributed by atoms with Crippen molar-refractivity contribution in [2.45, 2.75) is 38.0 Å². The molecule has 37 heavy (non-hydrogen) atoms. The summed E-state index contributed by atoms with van der Waals surface area (Å²) in [6.45, 7) is 3.96. The van der Waals surface area contributed by atoms with E-state index in [4.69, 9.17) is 11.6 Å². The number of hydrogen-bond acceptors (Lipinski definition) is 7. The average Bonchev–Trinajstić information content (AvgIpc) is 3.42. The molecule has 1 aliphatic carbocycles. The molecule has 2 saturated heterocycles. The average molecular weight is 535 g/mol. The minimum atomic E-state index is -2.99. The van der Waals surface area contributed by atoms with Crippen molar-refractivity contribution in [1.82, 2.24) is 29.6 Å². The van der Waals surface area contributed by atoms with Gasteiger partial charge in [0.05, 0.1) is 18.4 Å². The summed E-state index contributed by atoms with van der Waals surface area (Å²) in [5, 5.41) is 9.58. The van der Waals surface area contributed by atoms with Gasteiger partial charge >= 0.3 is 0 Å². The van der Waals surface area contributed by atoms with Crippen LogP contribution in [0.4, 0.5) is 29.5 Å². The molecule has 0 N–H and O–H groups in total. The van der Waals surface area contributed by atoms with Crippen LogP contribution in [0.15, 0.2) is 24.4 Å². The van der Waals surface area contributed by atoms with Crippen molar-refractivity contribution < 1.29 is 17.6 Å². The largest absolute Gasteiger partial charge is 0.339 e. The first-order chi connectivity index (χ1) is 17.7. The van der Waals surface area contributed by atoms with E-state index < -0.39 is 23.6 Å². The first-order valence-electron chi connectivity index (χ1n) is 12.2. The molecule has 1 aromatic carbocycles. The molecule has 0 atom stereocenters. The van der Waals surface area contributed by atoms with Crippen LogP contribution in [0.25, 0.3) is 5.69 Å². The van der Waals surface area contributed by atoms with Crippen molar-refractivity contribution in [1.29, 1.82) is 0 Å². The smallest absolute Gasteiger partial charge is 0.283 e. The third-order valence-corrected chi connectivity index (χ3v) is 7.92. The summed E-state index contributed by atoms with van der Waals surface area (Å²) < 4.78 is 56.3. The van der Waals surface area contributed by atoms with Gasteiger partial charge in [-0.25, -0.2) is 27.5 Å². The third kappa shape index (κ3) is 3.92. The van der Waals surface area contributed by atoms with E-state index in [1.54, 1.807) is 4.90 Å². The molecule has 1 spiro atoms. The molecule has 4 aliphatic rings. The molecule has 3 aromatic rings. The van der Waals surface area contributed by atoms with Gasteiger partial charge in [-0.1, -0.05) is 11.6 Å². The van der Waals surface area contributed by atoms with E-state index in [0.717, 1.165) is 23.3 Å². The van der Waals surface area contributed by atoms with Gasteiger partial charge < -0.3 is 9.80 Å². The quantitative estimate of drug-likeness (QED) is 0.460. The molecule has 3 aliphatic heterocycles. The summed E-state index contributed by atoms with van der Waals surface area (Å²) in [5.74, 6) is 0.471. The highest BCUT2D eigenvalue weighted by Crippen LogP contribution is 2.45. The van der Waals surface area contributed by atoms with E-state index >= 15 is 0 Å². The van der Waals surface area contributed by atoms with Crippen molar-refractivity contribution in [2.75, 3.05) is 42.5 Å². The van der Waals surface area contributed by atoms with Gasteiger partial charge in [0.25, 0.3) is 6.43 Å². The minimum absolute atomic E-state index is 0.0543. The lowest BCUT2D eigenvalue weighted by Gasteiger charge is -2.60. The van der Waals surface area contributed by atoms with Crippen molar-refractivity contribution in [2.24, 2.45) is 5.41 Å². The first-order valence-corrected chi connectivity index (χ1v) is 12.5. The number of alkyl halides is 3. The number of aromatic nitrogens is 5. The maximum Gasteiger partial charge on any atom is 0.283 e. The predicted molar refractivity (Wildman–Crippen MR) is 127 cm³/mol. The highest BCUT2D eigenvalue weighted by molar-refractivity contribution is 6.30. The number of halogens is 5. The standard InChI is InChI=1S/C24H23ClF4N8/c25-15-1-2-17-14(5-15)7-34(13-24(29)3-4-24)8-18-32-33-22(37(17)18)36-11-23(12-36)9-35(10-23)21-30-6-16(26)19(31-21)20(27)28/h1-2,5-6,20H,3-4,7-13H2. The molecule has 7 rings (SSSR count). The lowest BCUT2D eigenvalue weighted by atomic mass is 9.73. The van der Waals surface area contributed by atoms with Gasteiger partial charge in [-0.2, -0.15) is 0 Å².